The lowest BCUT2D eigenvalue weighted by Crippen LogP contribution is -2.31. The van der Waals surface area contributed by atoms with Gasteiger partial charge in [0.25, 0.3) is 10.1 Å². The summed E-state index contributed by atoms with van der Waals surface area (Å²) in [6.07, 6.45) is 4.70. The maximum absolute atomic E-state index is 11.9. The highest BCUT2D eigenvalue weighted by atomic mass is 32.2. The molecule has 7 nitrogen and oxygen atoms in total. The van der Waals surface area contributed by atoms with Crippen molar-refractivity contribution in [1.29, 1.82) is 0 Å². The lowest BCUT2D eigenvalue weighted by Gasteiger charge is -2.23. The van der Waals surface area contributed by atoms with Crippen LogP contribution in [0.1, 0.15) is 58.3 Å². The fraction of sp³-hybridized carbons (Fsp3) is 0.929. The molecule has 1 unspecified atom stereocenters. The minimum atomic E-state index is -3.82. The average Bonchev–Trinajstić information content (AvgIpc) is 2.47. The molecule has 0 heterocycles. The Balaban J connectivity index is 2.29. The normalized spacial score (nSPS) is 18.0. The molecule has 1 aliphatic rings. The first-order valence-electron chi connectivity index (χ1n) is 8.03. The van der Waals surface area contributed by atoms with Crippen LogP contribution in [0, 0.1) is 0 Å². The van der Waals surface area contributed by atoms with E-state index < -0.39 is 32.9 Å². The fourth-order valence-electron chi connectivity index (χ4n) is 2.45. The Morgan fingerprint density at radius 3 is 2.39 bits per heavy atom. The number of carbonyl (C=O) groups is 1. The van der Waals surface area contributed by atoms with Crippen LogP contribution in [-0.2, 0) is 34.5 Å². The molecular formula is C14H26O7S2. The molecule has 1 atom stereocenters. The van der Waals surface area contributed by atoms with E-state index in [4.69, 9.17) is 8.92 Å². The molecule has 136 valence electrons. The number of ether oxygens (including phenoxy) is 1. The van der Waals surface area contributed by atoms with Crippen LogP contribution in [0.4, 0.5) is 0 Å². The van der Waals surface area contributed by atoms with E-state index in [0.29, 0.717) is 19.3 Å². The summed E-state index contributed by atoms with van der Waals surface area (Å²) in [6, 6.07) is 0. The number of hydrogen-bond donors (Lipinski definition) is 1. The van der Waals surface area contributed by atoms with Gasteiger partial charge in [0.05, 0.1) is 5.75 Å². The molecule has 0 N–H and O–H groups in total. The van der Waals surface area contributed by atoms with Crippen LogP contribution in [0.2, 0.25) is 0 Å². The first-order chi connectivity index (χ1) is 10.8. The molecule has 0 spiro atoms. The smallest absolute Gasteiger partial charge is 0.336 e. The second kappa shape index (κ2) is 10.2. The zero-order chi connectivity index (χ0) is 17.3. The van der Waals surface area contributed by atoms with Gasteiger partial charge in [-0.1, -0.05) is 12.8 Å². The standard InChI is InChI=1S/C14H26O7S2/c1-12(14(15)20-13-8-4-2-5-9-13)21-23(18,19)11-7-3-6-10-22(16)17/h12-13,22H,2-11H2,1H3. The number of carbonyl (C=O) groups excluding carboxylic acids is 1. The van der Waals surface area contributed by atoms with Gasteiger partial charge in [0.1, 0.15) is 16.8 Å². The van der Waals surface area contributed by atoms with Gasteiger partial charge in [-0.15, -0.1) is 0 Å². The summed E-state index contributed by atoms with van der Waals surface area (Å²) in [7, 11) is -6.24. The van der Waals surface area contributed by atoms with Crippen molar-refractivity contribution in [2.75, 3.05) is 11.5 Å². The van der Waals surface area contributed by atoms with Crippen LogP contribution in [0.3, 0.4) is 0 Å². The quantitative estimate of drug-likeness (QED) is 0.268. The first-order valence-corrected chi connectivity index (χ1v) is 11.0. The van der Waals surface area contributed by atoms with Crippen LogP contribution in [0.25, 0.3) is 0 Å². The molecular weight excluding hydrogens is 344 g/mol. The van der Waals surface area contributed by atoms with Gasteiger partial charge < -0.3 is 4.74 Å². The topological polar surface area (TPSA) is 104 Å². The third kappa shape index (κ3) is 9.26. The summed E-state index contributed by atoms with van der Waals surface area (Å²) in [5.74, 6) is -0.826. The lowest BCUT2D eigenvalue weighted by molar-refractivity contribution is -0.157. The number of unbranched alkanes of at least 4 members (excludes halogenated alkanes) is 2. The maximum atomic E-state index is 11.9. The Bertz CT molecular complexity index is 525. The van der Waals surface area contributed by atoms with Crippen molar-refractivity contribution in [3.63, 3.8) is 0 Å². The molecule has 1 aliphatic carbocycles. The van der Waals surface area contributed by atoms with E-state index in [1.54, 1.807) is 0 Å². The molecule has 1 fully saturated rings. The minimum Gasteiger partial charge on any atom is -0.460 e. The highest BCUT2D eigenvalue weighted by Crippen LogP contribution is 2.21. The summed E-state index contributed by atoms with van der Waals surface area (Å²) in [6.45, 7) is 1.37. The predicted molar refractivity (Wildman–Crippen MR) is 86.3 cm³/mol. The molecule has 0 bridgehead atoms. The van der Waals surface area contributed by atoms with Crippen molar-refractivity contribution in [3.8, 4) is 0 Å². The SMILES string of the molecule is CC(OS(=O)(=O)CCCCC[SH](=O)=O)C(=O)OC1CCCCC1. The Hall–Kier alpha value is -0.670. The molecule has 9 heteroatoms. The van der Waals surface area contributed by atoms with E-state index in [0.717, 1.165) is 32.1 Å². The molecule has 0 saturated heterocycles. The zero-order valence-electron chi connectivity index (χ0n) is 13.4. The minimum absolute atomic E-state index is 0.0559. The van der Waals surface area contributed by atoms with Gasteiger partial charge in [-0.25, -0.2) is 13.2 Å². The molecule has 0 amide bonds. The molecule has 0 aromatic carbocycles. The molecule has 23 heavy (non-hydrogen) atoms. The van der Waals surface area contributed by atoms with E-state index >= 15 is 0 Å². The zero-order valence-corrected chi connectivity index (χ0v) is 15.1. The van der Waals surface area contributed by atoms with Gasteiger partial charge in [0.2, 0.25) is 0 Å². The van der Waals surface area contributed by atoms with Crippen molar-refractivity contribution < 1.29 is 30.6 Å². The summed E-state index contributed by atoms with van der Waals surface area (Å²) >= 11 is 0. The second-order valence-corrected chi connectivity index (χ2v) is 8.64. The fourth-order valence-corrected chi connectivity index (χ4v) is 4.10. The number of thiol groups is 1. The van der Waals surface area contributed by atoms with Gasteiger partial charge in [0, 0.05) is 5.75 Å². The molecule has 1 saturated carbocycles. The third-order valence-electron chi connectivity index (χ3n) is 3.69. The van der Waals surface area contributed by atoms with Crippen LogP contribution >= 0.6 is 0 Å². The summed E-state index contributed by atoms with van der Waals surface area (Å²) < 4.78 is 54.5. The third-order valence-corrected chi connectivity index (χ3v) is 5.74. The van der Waals surface area contributed by atoms with E-state index in [1.165, 1.54) is 6.92 Å². The summed E-state index contributed by atoms with van der Waals surface area (Å²) in [5, 5.41) is 0. The number of rotatable bonds is 10. The van der Waals surface area contributed by atoms with Crippen LogP contribution in [0.5, 0.6) is 0 Å². The Morgan fingerprint density at radius 2 is 1.78 bits per heavy atom. The average molecular weight is 370 g/mol. The highest BCUT2D eigenvalue weighted by Gasteiger charge is 2.26. The van der Waals surface area contributed by atoms with E-state index in [2.05, 4.69) is 0 Å². The predicted octanol–water partition coefficient (Wildman–Crippen LogP) is 1.38. The highest BCUT2D eigenvalue weighted by molar-refractivity contribution is 7.86. The Kier molecular flexibility index (Phi) is 9.08. The van der Waals surface area contributed by atoms with Crippen molar-refractivity contribution in [1.82, 2.24) is 0 Å². The second-order valence-electron chi connectivity index (χ2n) is 5.81. The Morgan fingerprint density at radius 1 is 1.13 bits per heavy atom. The van der Waals surface area contributed by atoms with Crippen LogP contribution in [0.15, 0.2) is 0 Å². The largest absolute Gasteiger partial charge is 0.460 e. The van der Waals surface area contributed by atoms with Crippen LogP contribution in [-0.4, -0.2) is 46.5 Å². The molecule has 0 aliphatic heterocycles. The molecule has 0 aromatic heterocycles. The molecule has 1 rings (SSSR count). The Labute approximate surface area is 139 Å². The van der Waals surface area contributed by atoms with Gasteiger partial charge in [-0.3, -0.25) is 4.18 Å². The van der Waals surface area contributed by atoms with Crippen molar-refractivity contribution in [3.05, 3.63) is 0 Å². The lowest BCUT2D eigenvalue weighted by atomic mass is 9.98. The number of esters is 1. The van der Waals surface area contributed by atoms with E-state index in [9.17, 15) is 21.6 Å². The van der Waals surface area contributed by atoms with Crippen molar-refractivity contribution in [2.45, 2.75) is 70.5 Å². The van der Waals surface area contributed by atoms with Gasteiger partial charge >= 0.3 is 5.97 Å². The van der Waals surface area contributed by atoms with Gasteiger partial charge in [-0.2, -0.15) is 8.42 Å². The first kappa shape index (κ1) is 20.4. The van der Waals surface area contributed by atoms with Crippen molar-refractivity contribution >= 4 is 26.8 Å². The van der Waals surface area contributed by atoms with Gasteiger partial charge in [-0.05, 0) is 45.4 Å². The monoisotopic (exact) mass is 370 g/mol. The van der Waals surface area contributed by atoms with E-state index in [1.807, 2.05) is 0 Å². The molecule has 0 radical (unpaired) electrons. The number of hydrogen-bond acceptors (Lipinski definition) is 7. The van der Waals surface area contributed by atoms with Gasteiger partial charge in [0.15, 0.2) is 6.10 Å². The summed E-state index contributed by atoms with van der Waals surface area (Å²) in [5.41, 5.74) is 0. The van der Waals surface area contributed by atoms with E-state index in [-0.39, 0.29) is 17.6 Å². The van der Waals surface area contributed by atoms with Crippen LogP contribution < -0.4 is 0 Å². The summed E-state index contributed by atoms with van der Waals surface area (Å²) in [4.78, 5) is 11.9. The maximum Gasteiger partial charge on any atom is 0.336 e. The molecule has 0 aromatic rings. The van der Waals surface area contributed by atoms with Crippen molar-refractivity contribution in [2.24, 2.45) is 0 Å².